The SMILES string of the molecule is Cc1[nH]c(=S)ccc1[C@H](N)c1ccccc1. The van der Waals surface area contributed by atoms with E-state index < -0.39 is 0 Å². The molecule has 0 bridgehead atoms. The van der Waals surface area contributed by atoms with E-state index >= 15 is 0 Å². The van der Waals surface area contributed by atoms with Crippen LogP contribution in [-0.2, 0) is 0 Å². The normalized spacial score (nSPS) is 12.4. The fourth-order valence-corrected chi connectivity index (χ4v) is 1.99. The van der Waals surface area contributed by atoms with Crippen molar-refractivity contribution >= 4 is 12.2 Å². The lowest BCUT2D eigenvalue weighted by Gasteiger charge is -2.14. The van der Waals surface area contributed by atoms with Crippen LogP contribution in [0.4, 0.5) is 0 Å². The molecule has 0 aliphatic heterocycles. The van der Waals surface area contributed by atoms with Crippen LogP contribution >= 0.6 is 12.2 Å². The van der Waals surface area contributed by atoms with Crippen molar-refractivity contribution in [2.75, 3.05) is 0 Å². The van der Waals surface area contributed by atoms with Gasteiger partial charge in [-0.2, -0.15) is 0 Å². The largest absolute Gasteiger partial charge is 0.350 e. The summed E-state index contributed by atoms with van der Waals surface area (Å²) in [7, 11) is 0. The fraction of sp³-hybridized carbons (Fsp3) is 0.154. The molecule has 0 aliphatic carbocycles. The molecule has 1 aromatic heterocycles. The van der Waals surface area contributed by atoms with Crippen LogP contribution in [0.25, 0.3) is 0 Å². The van der Waals surface area contributed by atoms with E-state index in [9.17, 15) is 0 Å². The van der Waals surface area contributed by atoms with Gasteiger partial charge in [-0.3, -0.25) is 0 Å². The summed E-state index contributed by atoms with van der Waals surface area (Å²) < 4.78 is 0.738. The topological polar surface area (TPSA) is 41.8 Å². The molecule has 0 aliphatic rings. The van der Waals surface area contributed by atoms with Crippen LogP contribution in [0.3, 0.4) is 0 Å². The van der Waals surface area contributed by atoms with Gasteiger partial charge in [0.15, 0.2) is 0 Å². The predicted octanol–water partition coefficient (Wildman–Crippen LogP) is 3.10. The molecular formula is C13H14N2S. The molecule has 82 valence electrons. The number of rotatable bonds is 2. The summed E-state index contributed by atoms with van der Waals surface area (Å²) in [5.74, 6) is 0. The second-order valence-corrected chi connectivity index (χ2v) is 4.23. The molecule has 0 unspecified atom stereocenters. The number of H-pyrrole nitrogens is 1. The molecule has 0 fully saturated rings. The number of hydrogen-bond donors (Lipinski definition) is 2. The minimum absolute atomic E-state index is 0.104. The summed E-state index contributed by atoms with van der Waals surface area (Å²) >= 11 is 5.07. The summed E-state index contributed by atoms with van der Waals surface area (Å²) in [6.07, 6.45) is 0. The van der Waals surface area contributed by atoms with Gasteiger partial charge in [0.05, 0.1) is 6.04 Å². The molecule has 0 radical (unpaired) electrons. The van der Waals surface area contributed by atoms with Crippen molar-refractivity contribution < 1.29 is 0 Å². The first-order valence-electron chi connectivity index (χ1n) is 5.19. The van der Waals surface area contributed by atoms with Crippen LogP contribution in [0.5, 0.6) is 0 Å². The van der Waals surface area contributed by atoms with E-state index in [1.54, 1.807) is 0 Å². The number of aromatic nitrogens is 1. The van der Waals surface area contributed by atoms with E-state index in [2.05, 4.69) is 4.98 Å². The van der Waals surface area contributed by atoms with E-state index in [-0.39, 0.29) is 6.04 Å². The number of nitrogens with one attached hydrogen (secondary N) is 1. The standard InChI is InChI=1S/C13H14N2S/c1-9-11(7-8-12(16)15-9)13(14)10-5-3-2-4-6-10/h2-8,13H,14H2,1H3,(H,15,16)/t13-/m1/s1. The second-order valence-electron chi connectivity index (χ2n) is 3.79. The Bertz CT molecular complexity index is 531. The van der Waals surface area contributed by atoms with Gasteiger partial charge in [0.1, 0.15) is 4.64 Å². The Morgan fingerprint density at radius 3 is 2.44 bits per heavy atom. The van der Waals surface area contributed by atoms with Crippen LogP contribution in [0.2, 0.25) is 0 Å². The molecule has 3 heteroatoms. The van der Waals surface area contributed by atoms with E-state index in [4.69, 9.17) is 18.0 Å². The van der Waals surface area contributed by atoms with Gasteiger partial charge in [0.2, 0.25) is 0 Å². The maximum absolute atomic E-state index is 6.21. The number of nitrogens with two attached hydrogens (primary N) is 1. The molecule has 2 rings (SSSR count). The minimum atomic E-state index is -0.104. The Kier molecular flexibility index (Phi) is 3.17. The molecule has 0 spiro atoms. The summed E-state index contributed by atoms with van der Waals surface area (Å²) in [5, 5.41) is 0. The average molecular weight is 230 g/mol. The second kappa shape index (κ2) is 4.60. The number of pyridine rings is 1. The van der Waals surface area contributed by atoms with Crippen molar-refractivity contribution in [2.45, 2.75) is 13.0 Å². The van der Waals surface area contributed by atoms with Crippen LogP contribution in [0.15, 0.2) is 42.5 Å². The first-order valence-corrected chi connectivity index (χ1v) is 5.59. The van der Waals surface area contributed by atoms with Gasteiger partial charge >= 0.3 is 0 Å². The van der Waals surface area contributed by atoms with Crippen LogP contribution in [0, 0.1) is 11.6 Å². The lowest BCUT2D eigenvalue weighted by Crippen LogP contribution is -2.13. The third-order valence-electron chi connectivity index (χ3n) is 2.65. The quantitative estimate of drug-likeness (QED) is 0.778. The van der Waals surface area contributed by atoms with Crippen molar-refractivity contribution in [3.05, 3.63) is 63.9 Å². The number of benzene rings is 1. The van der Waals surface area contributed by atoms with Crippen LogP contribution in [0.1, 0.15) is 22.9 Å². The Morgan fingerprint density at radius 2 is 1.81 bits per heavy atom. The van der Waals surface area contributed by atoms with E-state index in [1.165, 1.54) is 0 Å². The lowest BCUT2D eigenvalue weighted by atomic mass is 9.99. The minimum Gasteiger partial charge on any atom is -0.350 e. The third-order valence-corrected chi connectivity index (χ3v) is 2.89. The molecule has 16 heavy (non-hydrogen) atoms. The number of hydrogen-bond acceptors (Lipinski definition) is 2. The zero-order valence-corrected chi connectivity index (χ0v) is 9.92. The average Bonchev–Trinajstić information content (AvgIpc) is 2.29. The van der Waals surface area contributed by atoms with Gasteiger partial charge in [0, 0.05) is 5.69 Å². The first-order chi connectivity index (χ1) is 7.68. The molecular weight excluding hydrogens is 216 g/mol. The smallest absolute Gasteiger partial charge is 0.103 e. The molecule has 3 N–H and O–H groups in total. The summed E-state index contributed by atoms with van der Waals surface area (Å²) in [6.45, 7) is 1.99. The lowest BCUT2D eigenvalue weighted by molar-refractivity contribution is 0.847. The molecule has 1 aromatic carbocycles. The van der Waals surface area contributed by atoms with Gasteiger partial charge in [0.25, 0.3) is 0 Å². The summed E-state index contributed by atoms with van der Waals surface area (Å²) in [6, 6.07) is 13.8. The van der Waals surface area contributed by atoms with Gasteiger partial charge in [-0.05, 0) is 24.1 Å². The maximum Gasteiger partial charge on any atom is 0.103 e. The van der Waals surface area contributed by atoms with Gasteiger partial charge in [-0.15, -0.1) is 0 Å². The van der Waals surface area contributed by atoms with Crippen molar-refractivity contribution in [3.8, 4) is 0 Å². The van der Waals surface area contributed by atoms with Crippen molar-refractivity contribution in [1.82, 2.24) is 4.98 Å². The van der Waals surface area contributed by atoms with Crippen molar-refractivity contribution in [2.24, 2.45) is 5.73 Å². The Labute approximate surface area is 100 Å². The molecule has 0 saturated carbocycles. The highest BCUT2D eigenvalue weighted by atomic mass is 32.1. The first kappa shape index (κ1) is 11.0. The van der Waals surface area contributed by atoms with Gasteiger partial charge in [-0.1, -0.05) is 48.6 Å². The maximum atomic E-state index is 6.21. The predicted molar refractivity (Wildman–Crippen MR) is 68.8 cm³/mol. The molecule has 0 saturated heterocycles. The van der Waals surface area contributed by atoms with Crippen molar-refractivity contribution in [1.29, 1.82) is 0 Å². The van der Waals surface area contributed by atoms with Crippen LogP contribution in [-0.4, -0.2) is 4.98 Å². The fourth-order valence-electron chi connectivity index (χ4n) is 1.77. The zero-order valence-electron chi connectivity index (χ0n) is 9.10. The summed E-state index contributed by atoms with van der Waals surface area (Å²) in [4.78, 5) is 3.12. The van der Waals surface area contributed by atoms with Crippen molar-refractivity contribution in [3.63, 3.8) is 0 Å². The Morgan fingerprint density at radius 1 is 1.12 bits per heavy atom. The third kappa shape index (κ3) is 2.21. The monoisotopic (exact) mass is 230 g/mol. The molecule has 1 atom stereocenters. The van der Waals surface area contributed by atoms with E-state index in [1.807, 2.05) is 49.4 Å². The Balaban J connectivity index is 2.42. The molecule has 2 nitrogen and oxygen atoms in total. The van der Waals surface area contributed by atoms with Crippen LogP contribution < -0.4 is 5.73 Å². The van der Waals surface area contributed by atoms with E-state index in [0.29, 0.717) is 0 Å². The highest BCUT2D eigenvalue weighted by Crippen LogP contribution is 2.20. The zero-order chi connectivity index (χ0) is 11.5. The molecule has 0 amide bonds. The highest BCUT2D eigenvalue weighted by Gasteiger charge is 2.10. The molecule has 2 aromatic rings. The van der Waals surface area contributed by atoms with E-state index in [0.717, 1.165) is 21.5 Å². The van der Waals surface area contributed by atoms with Gasteiger partial charge < -0.3 is 10.7 Å². The highest BCUT2D eigenvalue weighted by molar-refractivity contribution is 7.71. The Hall–Kier alpha value is -1.45. The summed E-state index contributed by atoms with van der Waals surface area (Å²) in [5.41, 5.74) is 9.44. The number of aryl methyl sites for hydroxylation is 1. The number of aromatic amines is 1. The van der Waals surface area contributed by atoms with Gasteiger partial charge in [-0.25, -0.2) is 0 Å². The molecule has 1 heterocycles.